The lowest BCUT2D eigenvalue weighted by molar-refractivity contribution is -0.140. The molecule has 1 saturated heterocycles. The van der Waals surface area contributed by atoms with Crippen molar-refractivity contribution in [1.82, 2.24) is 14.5 Å². The number of carbonyl (C=O) groups excluding carboxylic acids is 3. The topological polar surface area (TPSA) is 106 Å². The van der Waals surface area contributed by atoms with Crippen molar-refractivity contribution >= 4 is 35.4 Å². The van der Waals surface area contributed by atoms with Gasteiger partial charge in [0, 0.05) is 19.3 Å². The molecule has 2 N–H and O–H groups in total. The van der Waals surface area contributed by atoms with Gasteiger partial charge >= 0.3 is 0 Å². The number of carbonyl (C=O) groups is 3. The number of hydrogen-bond acceptors (Lipinski definition) is 6. The van der Waals surface area contributed by atoms with E-state index in [0.717, 1.165) is 19.3 Å². The zero-order valence-corrected chi connectivity index (χ0v) is 23.2. The summed E-state index contributed by atoms with van der Waals surface area (Å²) in [7, 11) is 1.61. The van der Waals surface area contributed by atoms with Gasteiger partial charge in [0.1, 0.15) is 6.04 Å². The number of rotatable bonds is 9. The lowest BCUT2D eigenvalue weighted by atomic mass is 10.0. The molecule has 8 nitrogen and oxygen atoms in total. The quantitative estimate of drug-likeness (QED) is 0.483. The minimum absolute atomic E-state index is 0.110. The molecule has 0 bridgehead atoms. The molecule has 3 atom stereocenters. The van der Waals surface area contributed by atoms with Gasteiger partial charge in [0.05, 0.1) is 24.6 Å². The lowest BCUT2D eigenvalue weighted by Gasteiger charge is -2.26. The number of anilines is 1. The summed E-state index contributed by atoms with van der Waals surface area (Å²) < 4.78 is 3.14. The van der Waals surface area contributed by atoms with Crippen LogP contribution in [-0.2, 0) is 14.4 Å². The first-order valence-electron chi connectivity index (χ1n) is 12.5. The molecule has 0 spiro atoms. The van der Waals surface area contributed by atoms with Crippen molar-refractivity contribution in [3.05, 3.63) is 30.3 Å². The molecule has 3 amide bonds. The Kier molecular flexibility index (Phi) is 11.3. The maximum Gasteiger partial charge on any atom is 0.243 e. The average molecular weight is 516 g/mol. The van der Waals surface area contributed by atoms with Crippen molar-refractivity contribution in [2.45, 2.75) is 65.5 Å². The van der Waals surface area contributed by atoms with Gasteiger partial charge in [-0.3, -0.25) is 19.1 Å². The summed E-state index contributed by atoms with van der Waals surface area (Å²) in [4.78, 5) is 41.2. The molecule has 3 rings (SSSR count). The molecule has 1 aliphatic heterocycles. The molecule has 1 aromatic rings. The van der Waals surface area contributed by atoms with Crippen molar-refractivity contribution in [1.29, 1.82) is 5.26 Å². The molecule has 3 unspecified atom stereocenters. The van der Waals surface area contributed by atoms with E-state index in [1.807, 2.05) is 24.5 Å². The number of likely N-dealkylation sites (N-methyl/N-ethyl adjacent to an activating group) is 1. The highest BCUT2D eigenvalue weighted by atomic mass is 32.2. The molecule has 1 aromatic carbocycles. The predicted octanol–water partition coefficient (Wildman–Crippen LogP) is 3.91. The number of amides is 3. The monoisotopic (exact) mass is 515 g/mol. The summed E-state index contributed by atoms with van der Waals surface area (Å²) in [6.45, 7) is 8.81. The minimum atomic E-state index is -0.672. The van der Waals surface area contributed by atoms with Crippen LogP contribution in [0.25, 0.3) is 0 Å². The fraction of sp³-hybridized carbons (Fsp3) is 0.630. The largest absolute Gasteiger partial charge is 0.335 e. The van der Waals surface area contributed by atoms with E-state index in [0.29, 0.717) is 17.0 Å². The number of nitriles is 1. The third kappa shape index (κ3) is 10.2. The second-order valence-electron chi connectivity index (χ2n) is 11.2. The van der Waals surface area contributed by atoms with E-state index in [1.165, 1.54) is 21.7 Å². The van der Waals surface area contributed by atoms with Crippen molar-refractivity contribution in [3.63, 3.8) is 0 Å². The Morgan fingerprint density at radius 2 is 1.81 bits per heavy atom. The molecule has 1 aliphatic carbocycles. The summed E-state index contributed by atoms with van der Waals surface area (Å²) in [6, 6.07) is 10.2. The van der Waals surface area contributed by atoms with Gasteiger partial charge in [-0.2, -0.15) is 5.26 Å². The fourth-order valence-electron chi connectivity index (χ4n) is 3.86. The van der Waals surface area contributed by atoms with Crippen molar-refractivity contribution < 1.29 is 14.4 Å². The minimum Gasteiger partial charge on any atom is -0.335 e. The maximum atomic E-state index is 12.9. The van der Waals surface area contributed by atoms with Gasteiger partial charge < -0.3 is 15.1 Å². The zero-order valence-electron chi connectivity index (χ0n) is 22.4. The predicted molar refractivity (Wildman–Crippen MR) is 145 cm³/mol. The first-order valence-corrected chi connectivity index (χ1v) is 13.7. The first-order chi connectivity index (χ1) is 16.9. The Labute approximate surface area is 220 Å². The van der Waals surface area contributed by atoms with Crippen LogP contribution in [0.3, 0.4) is 0 Å². The van der Waals surface area contributed by atoms with Crippen LogP contribution in [0, 0.1) is 28.6 Å². The van der Waals surface area contributed by atoms with Gasteiger partial charge in [0.15, 0.2) is 0 Å². The Hall–Kier alpha value is -2.57. The van der Waals surface area contributed by atoms with Crippen molar-refractivity contribution in [3.8, 4) is 6.07 Å². The highest BCUT2D eigenvalue weighted by Gasteiger charge is 2.39. The summed E-state index contributed by atoms with van der Waals surface area (Å²) in [5.41, 5.74) is 1.18. The van der Waals surface area contributed by atoms with Crippen LogP contribution >= 0.6 is 11.9 Å². The van der Waals surface area contributed by atoms with Crippen LogP contribution in [0.5, 0.6) is 0 Å². The molecule has 1 saturated carbocycles. The Morgan fingerprint density at radius 3 is 2.33 bits per heavy atom. The Balaban J connectivity index is 0.000000830. The number of para-hydroxylation sites is 1. The number of nitrogens with one attached hydrogen (secondary N) is 2. The van der Waals surface area contributed by atoms with E-state index in [9.17, 15) is 19.6 Å². The maximum absolute atomic E-state index is 12.9. The second-order valence-corrected chi connectivity index (χ2v) is 11.9. The smallest absolute Gasteiger partial charge is 0.243 e. The molecule has 0 aromatic heterocycles. The number of nitrogens with zero attached hydrogens (tertiary/aromatic N) is 3. The van der Waals surface area contributed by atoms with Crippen molar-refractivity contribution in [2.24, 2.45) is 17.3 Å². The Morgan fingerprint density at radius 1 is 1.19 bits per heavy atom. The van der Waals surface area contributed by atoms with Gasteiger partial charge in [-0.05, 0) is 42.6 Å². The average Bonchev–Trinajstić information content (AvgIpc) is 3.51. The normalized spacial score (nSPS) is 20.0. The van der Waals surface area contributed by atoms with Crippen LogP contribution in [0.2, 0.25) is 0 Å². The molecule has 9 heteroatoms. The summed E-state index contributed by atoms with van der Waals surface area (Å²) in [6.07, 6.45) is 5.22. The molecule has 2 aliphatic rings. The fourth-order valence-corrected chi connectivity index (χ4v) is 4.34. The van der Waals surface area contributed by atoms with Gasteiger partial charge in [-0.25, -0.2) is 0 Å². The first kappa shape index (κ1) is 29.7. The summed E-state index contributed by atoms with van der Waals surface area (Å²) in [5.74, 6) is -0.536. The molecular weight excluding hydrogens is 474 g/mol. The summed E-state index contributed by atoms with van der Waals surface area (Å²) in [5, 5.41) is 12.4. The SMILES string of the molecule is CC(C)(C)C.CSNC(CC1CC1)C(=O)N(C)CC(=O)N1CC(C(=O)Nc2ccccc2)CC1C#N. The van der Waals surface area contributed by atoms with E-state index in [2.05, 4.69) is 43.8 Å². The number of benzene rings is 1. The van der Waals surface area contributed by atoms with Crippen LogP contribution in [0.15, 0.2) is 30.3 Å². The Bertz CT molecular complexity index is 918. The van der Waals surface area contributed by atoms with Crippen LogP contribution in [0.4, 0.5) is 5.69 Å². The molecule has 36 heavy (non-hydrogen) atoms. The third-order valence-corrected chi connectivity index (χ3v) is 6.28. The molecular formula is C27H41N5O3S. The van der Waals surface area contributed by atoms with Gasteiger partial charge in [0.2, 0.25) is 17.7 Å². The van der Waals surface area contributed by atoms with E-state index < -0.39 is 12.0 Å². The molecule has 0 radical (unpaired) electrons. The highest BCUT2D eigenvalue weighted by molar-refractivity contribution is 7.96. The van der Waals surface area contributed by atoms with Gasteiger partial charge in [0.25, 0.3) is 0 Å². The van der Waals surface area contributed by atoms with Gasteiger partial charge in [-0.15, -0.1) is 0 Å². The van der Waals surface area contributed by atoms with E-state index >= 15 is 0 Å². The number of hydrogen-bond donors (Lipinski definition) is 2. The standard InChI is InChI=1S/C22H29N5O3S.C5H12/c1-26(22(30)19(25-31-2)10-15-8-9-15)14-20(28)27-13-16(11-18(27)12-23)21(29)24-17-6-4-3-5-7-17;1-5(2,3)4/h3-7,15-16,18-19,25H,8-11,13-14H2,1-2H3,(H,24,29);1-4H3. The third-order valence-electron chi connectivity index (χ3n) is 5.76. The van der Waals surface area contributed by atoms with E-state index in [4.69, 9.17) is 0 Å². The van der Waals surface area contributed by atoms with Gasteiger partial charge in [-0.1, -0.05) is 70.7 Å². The van der Waals surface area contributed by atoms with Crippen molar-refractivity contribution in [2.75, 3.05) is 31.7 Å². The summed E-state index contributed by atoms with van der Waals surface area (Å²) >= 11 is 1.40. The zero-order chi connectivity index (χ0) is 26.9. The molecule has 198 valence electrons. The van der Waals surface area contributed by atoms with Crippen LogP contribution in [0.1, 0.15) is 53.4 Å². The molecule has 1 heterocycles. The lowest BCUT2D eigenvalue weighted by Crippen LogP contribution is -2.48. The van der Waals surface area contributed by atoms with E-state index in [1.54, 1.807) is 19.2 Å². The molecule has 2 fully saturated rings. The van der Waals surface area contributed by atoms with Crippen LogP contribution in [-0.4, -0.2) is 66.0 Å². The second kappa shape index (κ2) is 13.7. The van der Waals surface area contributed by atoms with Crippen LogP contribution < -0.4 is 10.0 Å². The highest BCUT2D eigenvalue weighted by Crippen LogP contribution is 2.34. The number of likely N-dealkylation sites (tertiary alicyclic amines) is 1. The van der Waals surface area contributed by atoms with E-state index in [-0.39, 0.29) is 43.3 Å².